The lowest BCUT2D eigenvalue weighted by molar-refractivity contribution is 0.261. The number of carbonyl (C=O) groups excluding carboxylic acids is 1. The predicted molar refractivity (Wildman–Crippen MR) is 140 cm³/mol. The molecule has 0 atom stereocenters. The maximum atomic E-state index is 12.9. The van der Waals surface area contributed by atoms with Gasteiger partial charge in [-0.05, 0) is 53.1 Å². The minimum atomic E-state index is -0.369. The van der Waals surface area contributed by atoms with Crippen LogP contribution in [0.1, 0.15) is 11.1 Å². The summed E-state index contributed by atoms with van der Waals surface area (Å²) in [5, 5.41) is 20.3. The Hall–Kier alpha value is -4.98. The predicted octanol–water partition coefficient (Wildman–Crippen LogP) is 6.07. The van der Waals surface area contributed by atoms with Crippen molar-refractivity contribution in [2.24, 2.45) is 0 Å². The Labute approximate surface area is 208 Å². The standard InChI is InChI=1S/C28H24N6O2/c1-19-11-14-22(15-12-19)29-28(35)30-25-17-21(13-16-26(25)36-18-20-7-3-2-4-8-20)23-9-5-6-10-24(23)27-31-33-34-32-27/h2-17H,18H2,1H3,(H2,29,30,35)(H,31,32,33,34). The van der Waals surface area contributed by atoms with Gasteiger partial charge in [-0.25, -0.2) is 4.79 Å². The molecule has 4 aromatic carbocycles. The molecular formula is C28H24N6O2. The van der Waals surface area contributed by atoms with E-state index in [2.05, 4.69) is 31.3 Å². The highest BCUT2D eigenvalue weighted by Gasteiger charge is 2.15. The molecule has 0 aliphatic rings. The summed E-state index contributed by atoms with van der Waals surface area (Å²) >= 11 is 0. The van der Waals surface area contributed by atoms with Gasteiger partial charge in [0, 0.05) is 11.3 Å². The van der Waals surface area contributed by atoms with Crippen LogP contribution in [0.2, 0.25) is 0 Å². The number of rotatable bonds is 7. The lowest BCUT2D eigenvalue weighted by atomic mass is 9.98. The first-order chi connectivity index (χ1) is 17.7. The number of benzene rings is 4. The third-order valence-electron chi connectivity index (χ3n) is 5.60. The molecule has 0 aliphatic carbocycles. The molecule has 0 radical (unpaired) electrons. The summed E-state index contributed by atoms with van der Waals surface area (Å²) in [4.78, 5) is 12.9. The lowest BCUT2D eigenvalue weighted by Gasteiger charge is -2.16. The second-order valence-corrected chi connectivity index (χ2v) is 8.21. The molecule has 5 aromatic rings. The smallest absolute Gasteiger partial charge is 0.323 e. The number of tetrazole rings is 1. The van der Waals surface area contributed by atoms with E-state index in [1.165, 1.54) is 0 Å². The van der Waals surface area contributed by atoms with Gasteiger partial charge in [-0.1, -0.05) is 78.4 Å². The number of amides is 2. The van der Waals surface area contributed by atoms with E-state index < -0.39 is 0 Å². The molecule has 0 unspecified atom stereocenters. The van der Waals surface area contributed by atoms with Crippen LogP contribution < -0.4 is 15.4 Å². The quantitative estimate of drug-likeness (QED) is 0.265. The highest BCUT2D eigenvalue weighted by molar-refractivity contribution is 6.01. The number of H-pyrrole nitrogens is 1. The molecule has 0 fully saturated rings. The number of urea groups is 1. The summed E-state index contributed by atoms with van der Waals surface area (Å²) in [6.07, 6.45) is 0. The third kappa shape index (κ3) is 5.39. The van der Waals surface area contributed by atoms with Crippen molar-refractivity contribution in [1.29, 1.82) is 0 Å². The molecule has 1 heterocycles. The van der Waals surface area contributed by atoms with Crippen molar-refractivity contribution in [1.82, 2.24) is 20.6 Å². The Bertz CT molecular complexity index is 1450. The first-order valence-electron chi connectivity index (χ1n) is 11.4. The molecule has 2 amide bonds. The van der Waals surface area contributed by atoms with Crippen LogP contribution in [0.5, 0.6) is 5.75 Å². The van der Waals surface area contributed by atoms with Gasteiger partial charge < -0.3 is 15.4 Å². The highest BCUT2D eigenvalue weighted by Crippen LogP contribution is 2.35. The summed E-state index contributed by atoms with van der Waals surface area (Å²) in [7, 11) is 0. The van der Waals surface area contributed by atoms with E-state index in [9.17, 15) is 4.79 Å². The Morgan fingerprint density at radius 1 is 0.861 bits per heavy atom. The van der Waals surface area contributed by atoms with E-state index in [4.69, 9.17) is 4.74 Å². The SMILES string of the molecule is Cc1ccc(NC(=O)Nc2cc(-c3ccccc3-c3nn[nH]n3)ccc2OCc2ccccc2)cc1. The molecular weight excluding hydrogens is 452 g/mol. The normalized spacial score (nSPS) is 10.6. The number of aromatic amines is 1. The Kier molecular flexibility index (Phi) is 6.66. The van der Waals surface area contributed by atoms with Gasteiger partial charge in [0.25, 0.3) is 0 Å². The van der Waals surface area contributed by atoms with Crippen LogP contribution in [-0.2, 0) is 6.61 Å². The first kappa shape index (κ1) is 22.8. The van der Waals surface area contributed by atoms with E-state index in [0.717, 1.165) is 27.8 Å². The molecule has 0 aliphatic heterocycles. The van der Waals surface area contributed by atoms with Gasteiger partial charge in [0.2, 0.25) is 5.82 Å². The zero-order valence-corrected chi connectivity index (χ0v) is 19.6. The van der Waals surface area contributed by atoms with Gasteiger partial charge in [0.1, 0.15) is 12.4 Å². The third-order valence-corrected chi connectivity index (χ3v) is 5.60. The van der Waals surface area contributed by atoms with Crippen LogP contribution in [0.15, 0.2) is 97.1 Å². The van der Waals surface area contributed by atoms with Crippen LogP contribution in [-0.4, -0.2) is 26.7 Å². The van der Waals surface area contributed by atoms with Gasteiger partial charge in [-0.15, -0.1) is 10.2 Å². The second kappa shape index (κ2) is 10.5. The van der Waals surface area contributed by atoms with Gasteiger partial charge in [-0.3, -0.25) is 0 Å². The van der Waals surface area contributed by atoms with E-state index in [0.29, 0.717) is 29.6 Å². The van der Waals surface area contributed by atoms with Crippen LogP contribution in [0.4, 0.5) is 16.2 Å². The molecule has 1 aromatic heterocycles. The van der Waals surface area contributed by atoms with E-state index in [1.54, 1.807) is 0 Å². The molecule has 0 saturated heterocycles. The van der Waals surface area contributed by atoms with Gasteiger partial charge in [0.05, 0.1) is 5.69 Å². The maximum absolute atomic E-state index is 12.9. The molecule has 36 heavy (non-hydrogen) atoms. The zero-order chi connectivity index (χ0) is 24.7. The van der Waals surface area contributed by atoms with Gasteiger partial charge >= 0.3 is 6.03 Å². The van der Waals surface area contributed by atoms with Crippen LogP contribution in [0.3, 0.4) is 0 Å². The van der Waals surface area contributed by atoms with E-state index in [1.807, 2.05) is 104 Å². The molecule has 3 N–H and O–H groups in total. The number of carbonyl (C=O) groups is 1. The van der Waals surface area contributed by atoms with Crippen molar-refractivity contribution < 1.29 is 9.53 Å². The molecule has 0 saturated carbocycles. The number of nitrogens with one attached hydrogen (secondary N) is 3. The number of aromatic nitrogens is 4. The Morgan fingerprint density at radius 3 is 2.36 bits per heavy atom. The fourth-order valence-corrected chi connectivity index (χ4v) is 3.78. The fraction of sp³-hybridized carbons (Fsp3) is 0.0714. The molecule has 0 bridgehead atoms. The summed E-state index contributed by atoms with van der Waals surface area (Å²) in [6.45, 7) is 2.37. The minimum absolute atomic E-state index is 0.369. The van der Waals surface area contributed by atoms with Crippen LogP contribution in [0, 0.1) is 6.92 Å². The van der Waals surface area contributed by atoms with Crippen molar-refractivity contribution in [2.75, 3.05) is 10.6 Å². The second-order valence-electron chi connectivity index (χ2n) is 8.21. The van der Waals surface area contributed by atoms with Gasteiger partial charge in [-0.2, -0.15) is 5.21 Å². The molecule has 8 nitrogen and oxygen atoms in total. The molecule has 5 rings (SSSR count). The number of ether oxygens (including phenoxy) is 1. The molecule has 0 spiro atoms. The first-order valence-corrected chi connectivity index (χ1v) is 11.4. The molecule has 8 heteroatoms. The number of hydrogen-bond acceptors (Lipinski definition) is 5. The number of anilines is 2. The average Bonchev–Trinajstić information content (AvgIpc) is 3.45. The monoisotopic (exact) mass is 476 g/mol. The maximum Gasteiger partial charge on any atom is 0.323 e. The number of nitrogens with zero attached hydrogens (tertiary/aromatic N) is 3. The Balaban J connectivity index is 1.46. The van der Waals surface area contributed by atoms with Crippen molar-refractivity contribution in [3.63, 3.8) is 0 Å². The Morgan fingerprint density at radius 2 is 1.61 bits per heavy atom. The van der Waals surface area contributed by atoms with Crippen molar-refractivity contribution in [3.8, 4) is 28.3 Å². The van der Waals surface area contributed by atoms with Crippen molar-refractivity contribution in [2.45, 2.75) is 13.5 Å². The summed E-state index contributed by atoms with van der Waals surface area (Å²) < 4.78 is 6.10. The van der Waals surface area contributed by atoms with Crippen LogP contribution in [0.25, 0.3) is 22.5 Å². The van der Waals surface area contributed by atoms with Crippen LogP contribution >= 0.6 is 0 Å². The average molecular weight is 477 g/mol. The largest absolute Gasteiger partial charge is 0.487 e. The number of hydrogen-bond donors (Lipinski definition) is 3. The zero-order valence-electron chi connectivity index (χ0n) is 19.6. The van der Waals surface area contributed by atoms with E-state index >= 15 is 0 Å². The lowest BCUT2D eigenvalue weighted by Crippen LogP contribution is -2.20. The summed E-state index contributed by atoms with van der Waals surface area (Å²) in [5.74, 6) is 1.04. The van der Waals surface area contributed by atoms with Crippen molar-refractivity contribution >= 4 is 17.4 Å². The summed E-state index contributed by atoms with van der Waals surface area (Å²) in [5.41, 5.74) is 5.96. The fourth-order valence-electron chi connectivity index (χ4n) is 3.78. The highest BCUT2D eigenvalue weighted by atomic mass is 16.5. The molecule has 178 valence electrons. The minimum Gasteiger partial charge on any atom is -0.487 e. The van der Waals surface area contributed by atoms with E-state index in [-0.39, 0.29) is 6.03 Å². The topological polar surface area (TPSA) is 105 Å². The van der Waals surface area contributed by atoms with Crippen molar-refractivity contribution in [3.05, 3.63) is 108 Å². The summed E-state index contributed by atoms with van der Waals surface area (Å²) in [6, 6.07) is 30.6. The van der Waals surface area contributed by atoms with Gasteiger partial charge in [0.15, 0.2) is 0 Å². The number of aryl methyl sites for hydroxylation is 1.